The van der Waals surface area contributed by atoms with Gasteiger partial charge in [0.05, 0.1) is 6.61 Å². The summed E-state index contributed by atoms with van der Waals surface area (Å²) in [6.07, 6.45) is 1.13. The van der Waals surface area contributed by atoms with Crippen LogP contribution in [-0.4, -0.2) is 13.2 Å². The van der Waals surface area contributed by atoms with Gasteiger partial charge in [-0.15, -0.1) is 0 Å². The number of ether oxygens (including phenoxy) is 1. The lowest BCUT2D eigenvalue weighted by Crippen LogP contribution is -2.25. The molecule has 1 rings (SSSR count). The largest absolute Gasteiger partial charge is 0.494 e. The van der Waals surface area contributed by atoms with E-state index in [4.69, 9.17) is 4.74 Å². The number of nitrogens with one attached hydrogen (secondary N) is 1. The molecular formula is C16H27NO. The molecule has 1 aromatic rings. The lowest BCUT2D eigenvalue weighted by atomic mass is 9.85. The lowest BCUT2D eigenvalue weighted by molar-refractivity contribution is 0.313. The summed E-state index contributed by atoms with van der Waals surface area (Å²) in [6.45, 7) is 12.7. The van der Waals surface area contributed by atoms with Gasteiger partial charge in [-0.1, -0.05) is 39.8 Å². The molecule has 1 aromatic carbocycles. The van der Waals surface area contributed by atoms with E-state index in [2.05, 4.69) is 57.3 Å². The highest BCUT2D eigenvalue weighted by molar-refractivity contribution is 5.29. The molecule has 0 aliphatic rings. The van der Waals surface area contributed by atoms with Gasteiger partial charge < -0.3 is 10.1 Å². The van der Waals surface area contributed by atoms with E-state index < -0.39 is 0 Å². The summed E-state index contributed by atoms with van der Waals surface area (Å²) >= 11 is 0. The van der Waals surface area contributed by atoms with Crippen LogP contribution in [0.15, 0.2) is 24.3 Å². The van der Waals surface area contributed by atoms with Gasteiger partial charge in [-0.3, -0.25) is 0 Å². The molecule has 0 amide bonds. The molecule has 1 atom stereocenters. The minimum absolute atomic E-state index is 0.325. The van der Waals surface area contributed by atoms with Gasteiger partial charge in [0.15, 0.2) is 0 Å². The topological polar surface area (TPSA) is 21.3 Å². The fourth-order valence-electron chi connectivity index (χ4n) is 2.13. The van der Waals surface area contributed by atoms with Crippen LogP contribution in [0.5, 0.6) is 5.75 Å². The molecule has 1 unspecified atom stereocenters. The standard InChI is InChI=1S/C16H27NO/c1-6-17-15(12-16(3,4)5)13-8-10-14(11-9-13)18-7-2/h8-11,15,17H,6-7,12H2,1-5H3. The van der Waals surface area contributed by atoms with Crippen molar-refractivity contribution < 1.29 is 4.74 Å². The quantitative estimate of drug-likeness (QED) is 0.817. The van der Waals surface area contributed by atoms with Crippen molar-refractivity contribution in [3.8, 4) is 5.75 Å². The van der Waals surface area contributed by atoms with Gasteiger partial charge in [-0.05, 0) is 43.0 Å². The second-order valence-corrected chi connectivity index (χ2v) is 5.88. The lowest BCUT2D eigenvalue weighted by Gasteiger charge is -2.27. The molecule has 2 nitrogen and oxygen atoms in total. The molecule has 0 aliphatic carbocycles. The predicted molar refractivity (Wildman–Crippen MR) is 78.1 cm³/mol. The third-order valence-electron chi connectivity index (χ3n) is 2.86. The average Bonchev–Trinajstić information content (AvgIpc) is 2.28. The smallest absolute Gasteiger partial charge is 0.119 e. The molecule has 1 N–H and O–H groups in total. The molecule has 0 bridgehead atoms. The average molecular weight is 249 g/mol. The molecule has 0 fully saturated rings. The molecule has 2 heteroatoms. The Hall–Kier alpha value is -1.02. The highest BCUT2D eigenvalue weighted by Gasteiger charge is 2.19. The predicted octanol–water partition coefficient (Wildman–Crippen LogP) is 4.17. The SMILES string of the molecule is CCNC(CC(C)(C)C)c1ccc(OCC)cc1. The van der Waals surface area contributed by atoms with Crippen LogP contribution in [0.4, 0.5) is 0 Å². The van der Waals surface area contributed by atoms with Crippen molar-refractivity contribution in [3.63, 3.8) is 0 Å². The Labute approximate surface area is 112 Å². The summed E-state index contributed by atoms with van der Waals surface area (Å²) in [6, 6.07) is 8.89. The van der Waals surface area contributed by atoms with Gasteiger partial charge in [0.1, 0.15) is 5.75 Å². The van der Waals surface area contributed by atoms with Crippen molar-refractivity contribution in [1.29, 1.82) is 0 Å². The molecule has 0 aromatic heterocycles. The Balaban J connectivity index is 2.78. The van der Waals surface area contributed by atoms with Crippen molar-refractivity contribution in [2.75, 3.05) is 13.2 Å². The number of rotatable bonds is 6. The monoisotopic (exact) mass is 249 g/mol. The van der Waals surface area contributed by atoms with Crippen molar-refractivity contribution >= 4 is 0 Å². The molecular weight excluding hydrogens is 222 g/mol. The van der Waals surface area contributed by atoms with E-state index in [-0.39, 0.29) is 0 Å². The van der Waals surface area contributed by atoms with E-state index >= 15 is 0 Å². The fraction of sp³-hybridized carbons (Fsp3) is 0.625. The van der Waals surface area contributed by atoms with Crippen LogP contribution in [0.1, 0.15) is 52.6 Å². The molecule has 0 saturated carbocycles. The zero-order valence-electron chi connectivity index (χ0n) is 12.4. The van der Waals surface area contributed by atoms with Crippen molar-refractivity contribution in [3.05, 3.63) is 29.8 Å². The highest BCUT2D eigenvalue weighted by atomic mass is 16.5. The van der Waals surface area contributed by atoms with E-state index in [0.717, 1.165) is 25.3 Å². The fourth-order valence-corrected chi connectivity index (χ4v) is 2.13. The summed E-state index contributed by atoms with van der Waals surface area (Å²) in [4.78, 5) is 0. The summed E-state index contributed by atoms with van der Waals surface area (Å²) in [5.74, 6) is 0.951. The molecule has 0 aliphatic heterocycles. The van der Waals surface area contributed by atoms with E-state index in [1.807, 2.05) is 6.92 Å². The summed E-state index contributed by atoms with van der Waals surface area (Å²) in [7, 11) is 0. The minimum atomic E-state index is 0.325. The van der Waals surface area contributed by atoms with Gasteiger partial charge >= 0.3 is 0 Å². The van der Waals surface area contributed by atoms with Crippen LogP contribution in [-0.2, 0) is 0 Å². The van der Waals surface area contributed by atoms with Crippen molar-refractivity contribution in [2.24, 2.45) is 5.41 Å². The van der Waals surface area contributed by atoms with Crippen LogP contribution in [0.3, 0.4) is 0 Å². The van der Waals surface area contributed by atoms with Crippen LogP contribution < -0.4 is 10.1 Å². The molecule has 0 radical (unpaired) electrons. The molecule has 0 spiro atoms. The minimum Gasteiger partial charge on any atom is -0.494 e. The van der Waals surface area contributed by atoms with E-state index in [0.29, 0.717) is 11.5 Å². The second kappa shape index (κ2) is 6.79. The number of hydrogen-bond donors (Lipinski definition) is 1. The second-order valence-electron chi connectivity index (χ2n) is 5.88. The van der Waals surface area contributed by atoms with Crippen molar-refractivity contribution in [2.45, 2.75) is 47.1 Å². The number of hydrogen-bond acceptors (Lipinski definition) is 2. The molecule has 0 heterocycles. The maximum atomic E-state index is 5.48. The first-order valence-corrected chi connectivity index (χ1v) is 6.92. The normalized spacial score (nSPS) is 13.4. The summed E-state index contributed by atoms with van der Waals surface area (Å²) in [5, 5.41) is 3.57. The maximum Gasteiger partial charge on any atom is 0.119 e. The van der Waals surface area contributed by atoms with Crippen LogP contribution in [0, 0.1) is 5.41 Å². The van der Waals surface area contributed by atoms with E-state index in [9.17, 15) is 0 Å². The molecule has 102 valence electrons. The van der Waals surface area contributed by atoms with Crippen molar-refractivity contribution in [1.82, 2.24) is 5.32 Å². The first-order chi connectivity index (χ1) is 8.46. The zero-order chi connectivity index (χ0) is 13.6. The van der Waals surface area contributed by atoms with E-state index in [1.165, 1.54) is 5.56 Å². The van der Waals surface area contributed by atoms with Gasteiger partial charge in [0, 0.05) is 6.04 Å². The van der Waals surface area contributed by atoms with Gasteiger partial charge in [-0.2, -0.15) is 0 Å². The first-order valence-electron chi connectivity index (χ1n) is 6.92. The zero-order valence-corrected chi connectivity index (χ0v) is 12.4. The first kappa shape index (κ1) is 15.0. The Morgan fingerprint density at radius 1 is 1.11 bits per heavy atom. The number of benzene rings is 1. The van der Waals surface area contributed by atoms with Crippen LogP contribution in [0.2, 0.25) is 0 Å². The highest BCUT2D eigenvalue weighted by Crippen LogP contribution is 2.30. The Morgan fingerprint density at radius 2 is 1.72 bits per heavy atom. The van der Waals surface area contributed by atoms with Crippen LogP contribution >= 0.6 is 0 Å². The Kier molecular flexibility index (Phi) is 5.67. The maximum absolute atomic E-state index is 5.48. The third-order valence-corrected chi connectivity index (χ3v) is 2.86. The van der Waals surface area contributed by atoms with Gasteiger partial charge in [0.2, 0.25) is 0 Å². The van der Waals surface area contributed by atoms with Gasteiger partial charge in [-0.25, -0.2) is 0 Å². The Bertz CT molecular complexity index is 337. The van der Waals surface area contributed by atoms with Gasteiger partial charge in [0.25, 0.3) is 0 Å². The third kappa shape index (κ3) is 5.09. The molecule has 18 heavy (non-hydrogen) atoms. The summed E-state index contributed by atoms with van der Waals surface area (Å²) in [5.41, 5.74) is 1.67. The van der Waals surface area contributed by atoms with Crippen LogP contribution in [0.25, 0.3) is 0 Å². The molecule has 0 saturated heterocycles. The van der Waals surface area contributed by atoms with E-state index in [1.54, 1.807) is 0 Å². The summed E-state index contributed by atoms with van der Waals surface area (Å²) < 4.78 is 5.48. The Morgan fingerprint density at radius 3 is 2.17 bits per heavy atom.